The van der Waals surface area contributed by atoms with Crippen molar-refractivity contribution in [1.29, 1.82) is 0 Å². The third kappa shape index (κ3) is 4.67. The van der Waals surface area contributed by atoms with E-state index in [1.165, 1.54) is 6.07 Å². The summed E-state index contributed by atoms with van der Waals surface area (Å²) in [6, 6.07) is 9.52. The summed E-state index contributed by atoms with van der Waals surface area (Å²) in [5, 5.41) is 18.9. The number of nitrogens with one attached hydrogen (secondary N) is 1. The zero-order valence-corrected chi connectivity index (χ0v) is 21.8. The summed E-state index contributed by atoms with van der Waals surface area (Å²) < 4.78 is 59.6. The Morgan fingerprint density at radius 2 is 2.05 bits per heavy atom. The molecule has 1 saturated carbocycles. The fourth-order valence-corrected chi connectivity index (χ4v) is 5.32. The lowest BCUT2D eigenvalue weighted by Gasteiger charge is -2.42. The van der Waals surface area contributed by atoms with Crippen LogP contribution in [0.1, 0.15) is 58.9 Å². The lowest BCUT2D eigenvalue weighted by Crippen LogP contribution is -2.33. The number of benzene rings is 2. The van der Waals surface area contributed by atoms with Crippen LogP contribution in [0.2, 0.25) is 0 Å². The van der Waals surface area contributed by atoms with E-state index in [1.54, 1.807) is 35.1 Å². The van der Waals surface area contributed by atoms with Crippen molar-refractivity contribution in [2.75, 3.05) is 13.6 Å². The standard InChI is InChI=1S/C30H34F2N4O2/c1-18-21(27(35-36(18)4)29(37)30(2)12-5-13-30)11-15-38-28-22(7-8-24(31)26(28)32)19-6-9-25-23(16-19)20(17-33-3)10-14-34-25/h6-10,14,16,29,33,37H,5,11-13,15,17H2,1-4H3/i3D3. The van der Waals surface area contributed by atoms with Crippen LogP contribution >= 0.6 is 0 Å². The number of hydrogen-bond acceptors (Lipinski definition) is 5. The Hall–Kier alpha value is -3.36. The van der Waals surface area contributed by atoms with Gasteiger partial charge in [0.15, 0.2) is 11.6 Å². The first-order valence-electron chi connectivity index (χ1n) is 14.3. The van der Waals surface area contributed by atoms with Gasteiger partial charge in [0, 0.05) is 52.5 Å². The first-order chi connectivity index (χ1) is 19.4. The highest BCUT2D eigenvalue weighted by Crippen LogP contribution is 2.50. The number of halogens is 2. The molecule has 0 amide bonds. The highest BCUT2D eigenvalue weighted by atomic mass is 19.2. The van der Waals surface area contributed by atoms with E-state index >= 15 is 4.39 Å². The third-order valence-corrected chi connectivity index (χ3v) is 7.97. The Morgan fingerprint density at radius 3 is 2.79 bits per heavy atom. The van der Waals surface area contributed by atoms with E-state index in [2.05, 4.69) is 22.3 Å². The average Bonchev–Trinajstić information content (AvgIpc) is 3.20. The van der Waals surface area contributed by atoms with Gasteiger partial charge in [0.2, 0.25) is 5.82 Å². The first-order valence-corrected chi connectivity index (χ1v) is 12.8. The summed E-state index contributed by atoms with van der Waals surface area (Å²) in [4.78, 5) is 4.36. The van der Waals surface area contributed by atoms with Gasteiger partial charge >= 0.3 is 0 Å². The van der Waals surface area contributed by atoms with E-state index in [4.69, 9.17) is 8.85 Å². The Labute approximate surface area is 225 Å². The molecule has 1 aliphatic carbocycles. The molecule has 0 aliphatic heterocycles. The smallest absolute Gasteiger partial charge is 0.201 e. The molecular formula is C30H34F2N4O2. The summed E-state index contributed by atoms with van der Waals surface area (Å²) in [7, 11) is 1.82. The van der Waals surface area contributed by atoms with Gasteiger partial charge in [0.1, 0.15) is 6.10 Å². The fourth-order valence-electron chi connectivity index (χ4n) is 5.32. The molecule has 2 aromatic carbocycles. The van der Waals surface area contributed by atoms with E-state index < -0.39 is 24.7 Å². The molecule has 0 bridgehead atoms. The predicted molar refractivity (Wildman–Crippen MR) is 144 cm³/mol. The minimum absolute atomic E-state index is 0.0409. The topological polar surface area (TPSA) is 72.2 Å². The number of aliphatic hydroxyl groups is 1. The van der Waals surface area contributed by atoms with Gasteiger partial charge in [-0.25, -0.2) is 4.39 Å². The molecule has 2 N–H and O–H groups in total. The molecule has 1 unspecified atom stereocenters. The van der Waals surface area contributed by atoms with Crippen molar-refractivity contribution >= 4 is 10.9 Å². The molecule has 8 heteroatoms. The Morgan fingerprint density at radius 1 is 1.24 bits per heavy atom. The molecule has 1 atom stereocenters. The number of aromatic nitrogens is 3. The second-order valence-corrected chi connectivity index (χ2v) is 10.4. The van der Waals surface area contributed by atoms with Crippen LogP contribution in [0.3, 0.4) is 0 Å². The largest absolute Gasteiger partial charge is 0.489 e. The third-order valence-electron chi connectivity index (χ3n) is 7.97. The number of aliphatic hydroxyl groups excluding tert-OH is 1. The van der Waals surface area contributed by atoms with Gasteiger partial charge < -0.3 is 15.2 Å². The van der Waals surface area contributed by atoms with Crippen molar-refractivity contribution in [3.05, 3.63) is 76.7 Å². The monoisotopic (exact) mass is 523 g/mol. The summed E-state index contributed by atoms with van der Waals surface area (Å²) in [5.41, 5.74) is 4.38. The highest BCUT2D eigenvalue weighted by Gasteiger charge is 2.42. The second-order valence-electron chi connectivity index (χ2n) is 10.4. The fraction of sp³-hybridized carbons (Fsp3) is 0.400. The van der Waals surface area contributed by atoms with Crippen molar-refractivity contribution in [3.8, 4) is 16.9 Å². The Kier molecular flexibility index (Phi) is 6.20. The minimum atomic E-state index is -2.31. The lowest BCUT2D eigenvalue weighted by atomic mass is 9.65. The molecule has 6 nitrogen and oxygen atoms in total. The maximum atomic E-state index is 15.2. The van der Waals surface area contributed by atoms with Gasteiger partial charge in [-0.3, -0.25) is 9.67 Å². The zero-order valence-electron chi connectivity index (χ0n) is 24.8. The van der Waals surface area contributed by atoms with Crippen molar-refractivity contribution in [2.45, 2.75) is 52.2 Å². The minimum Gasteiger partial charge on any atom is -0.489 e. The molecule has 0 spiro atoms. The van der Waals surface area contributed by atoms with Gasteiger partial charge in [0.25, 0.3) is 0 Å². The van der Waals surface area contributed by atoms with Crippen LogP contribution in [0, 0.1) is 24.0 Å². The normalized spacial score (nSPS) is 16.9. The van der Waals surface area contributed by atoms with Crippen LogP contribution in [0.5, 0.6) is 5.75 Å². The van der Waals surface area contributed by atoms with Crippen LogP contribution in [-0.2, 0) is 20.0 Å². The van der Waals surface area contributed by atoms with Crippen LogP contribution in [-0.4, -0.2) is 33.5 Å². The van der Waals surface area contributed by atoms with E-state index in [0.717, 1.165) is 36.6 Å². The summed E-state index contributed by atoms with van der Waals surface area (Å²) in [6.07, 6.45) is 4.15. The number of fused-ring (bicyclic) bond motifs is 1. The molecule has 0 saturated heterocycles. The van der Waals surface area contributed by atoms with Crippen LogP contribution in [0.4, 0.5) is 8.78 Å². The van der Waals surface area contributed by atoms with Gasteiger partial charge in [-0.15, -0.1) is 0 Å². The zero-order chi connectivity index (χ0) is 29.5. The average molecular weight is 524 g/mol. The van der Waals surface area contributed by atoms with E-state index in [1.807, 2.05) is 14.0 Å². The van der Waals surface area contributed by atoms with Crippen LogP contribution in [0.15, 0.2) is 42.6 Å². The number of ether oxygens (including phenoxy) is 1. The number of aryl methyl sites for hydroxylation is 1. The Bertz CT molecular complexity index is 1580. The first kappa shape index (κ1) is 22.6. The molecule has 4 aromatic rings. The predicted octanol–water partition coefficient (Wildman–Crippen LogP) is 5.79. The van der Waals surface area contributed by atoms with Gasteiger partial charge in [0.05, 0.1) is 17.8 Å². The molecule has 38 heavy (non-hydrogen) atoms. The van der Waals surface area contributed by atoms with Crippen molar-refractivity contribution in [2.24, 2.45) is 12.5 Å². The van der Waals surface area contributed by atoms with Crippen LogP contribution < -0.4 is 10.1 Å². The number of hydrogen-bond donors (Lipinski definition) is 2. The van der Waals surface area contributed by atoms with E-state index in [9.17, 15) is 9.50 Å². The van der Waals surface area contributed by atoms with E-state index in [-0.39, 0.29) is 24.3 Å². The molecule has 5 rings (SSSR count). The highest BCUT2D eigenvalue weighted by molar-refractivity contribution is 5.88. The SMILES string of the molecule is [2H]C([2H])([2H])NCc1ccnc2ccc(-c3ccc(F)c(F)c3OCCc3c(C(O)C4(C)CCC4)nn(C)c3C)cc12. The second kappa shape index (κ2) is 10.4. The van der Waals surface area contributed by atoms with Gasteiger partial charge in [-0.2, -0.15) is 9.49 Å². The molecule has 1 fully saturated rings. The number of nitrogens with zero attached hydrogens (tertiary/aromatic N) is 3. The van der Waals surface area contributed by atoms with Gasteiger partial charge in [-0.05, 0) is 73.6 Å². The summed E-state index contributed by atoms with van der Waals surface area (Å²) in [5.74, 6) is -2.34. The van der Waals surface area contributed by atoms with Crippen molar-refractivity contribution < 1.29 is 22.7 Å². The molecule has 2 aromatic heterocycles. The molecule has 0 radical (unpaired) electrons. The number of pyridine rings is 1. The van der Waals surface area contributed by atoms with Gasteiger partial charge in [-0.1, -0.05) is 19.4 Å². The maximum absolute atomic E-state index is 15.2. The molecule has 1 aliphatic rings. The van der Waals surface area contributed by atoms with Crippen LogP contribution in [0.25, 0.3) is 22.0 Å². The molecular weight excluding hydrogens is 486 g/mol. The lowest BCUT2D eigenvalue weighted by molar-refractivity contribution is -0.0254. The molecule has 200 valence electrons. The van der Waals surface area contributed by atoms with Crippen molar-refractivity contribution in [1.82, 2.24) is 20.1 Å². The Balaban J connectivity index is 1.44. The van der Waals surface area contributed by atoms with Crippen molar-refractivity contribution in [3.63, 3.8) is 0 Å². The van der Waals surface area contributed by atoms with E-state index in [0.29, 0.717) is 39.7 Å². The quantitative estimate of drug-likeness (QED) is 0.291. The summed E-state index contributed by atoms with van der Waals surface area (Å²) in [6.45, 7) is 1.78. The maximum Gasteiger partial charge on any atom is 0.201 e. The molecule has 2 heterocycles. The summed E-state index contributed by atoms with van der Waals surface area (Å²) >= 11 is 0. The number of rotatable bonds is 9.